The van der Waals surface area contributed by atoms with Crippen LogP contribution in [0.3, 0.4) is 0 Å². The summed E-state index contributed by atoms with van der Waals surface area (Å²) >= 11 is 0. The van der Waals surface area contributed by atoms with Crippen LogP contribution in [0, 0.1) is 0 Å². The van der Waals surface area contributed by atoms with E-state index >= 15 is 0 Å². The highest BCUT2D eigenvalue weighted by Crippen LogP contribution is 2.25. The average molecular weight is 347 g/mol. The summed E-state index contributed by atoms with van der Waals surface area (Å²) in [6.45, 7) is 1.42. The molecule has 1 N–H and O–H groups in total. The minimum Gasteiger partial charge on any atom is -0.346 e. The lowest BCUT2D eigenvalue weighted by atomic mass is 10.2. The zero-order valence-electron chi connectivity index (χ0n) is 14.0. The molecule has 0 unspecified atom stereocenters. The first kappa shape index (κ1) is 16.0. The van der Waals surface area contributed by atoms with E-state index in [1.807, 2.05) is 65.6 Å². The van der Waals surface area contributed by atoms with Crippen LogP contribution >= 0.6 is 0 Å². The van der Waals surface area contributed by atoms with Crippen molar-refractivity contribution in [1.29, 1.82) is 0 Å². The third-order valence-electron chi connectivity index (χ3n) is 4.30. The maximum absolute atomic E-state index is 12.7. The number of amides is 1. The van der Waals surface area contributed by atoms with E-state index in [-0.39, 0.29) is 5.69 Å². The topological polar surface area (TPSA) is 80.1 Å². The lowest BCUT2D eigenvalue weighted by Gasteiger charge is -2.16. The second-order valence-corrected chi connectivity index (χ2v) is 5.96. The first-order valence-electron chi connectivity index (χ1n) is 8.36. The van der Waals surface area contributed by atoms with Crippen molar-refractivity contribution in [2.75, 3.05) is 11.4 Å². The largest absolute Gasteiger partial charge is 0.346 e. The van der Waals surface area contributed by atoms with E-state index in [1.54, 1.807) is 0 Å². The predicted octanol–water partition coefficient (Wildman–Crippen LogP) is 1.72. The summed E-state index contributed by atoms with van der Waals surface area (Å²) in [6, 6.07) is 19.2. The van der Waals surface area contributed by atoms with Crippen LogP contribution in [0.2, 0.25) is 0 Å². The smallest absolute Gasteiger partial charge is 0.286 e. The number of anilines is 2. The Morgan fingerprint density at radius 1 is 0.962 bits per heavy atom. The Kier molecular flexibility index (Phi) is 4.18. The highest BCUT2D eigenvalue weighted by Gasteiger charge is 2.26. The van der Waals surface area contributed by atoms with Gasteiger partial charge in [-0.3, -0.25) is 14.2 Å². The number of fused-ring (bicyclic) bond motifs is 1. The second kappa shape index (κ2) is 6.79. The Balaban J connectivity index is 1.57. The standard InChI is InChI=1S/C19H17N5O2/c25-17(20-13-14-7-3-1-4-8-14)16-18(26)24-12-11-23(19(24)22-21-16)15-9-5-2-6-10-15/h1-10H,11-13H2,(H,20,25). The van der Waals surface area contributed by atoms with Gasteiger partial charge in [-0.15, -0.1) is 10.2 Å². The molecule has 7 heteroatoms. The molecule has 4 rings (SSSR count). The average Bonchev–Trinajstić information content (AvgIpc) is 3.13. The van der Waals surface area contributed by atoms with Gasteiger partial charge < -0.3 is 10.2 Å². The first-order chi connectivity index (χ1) is 12.7. The van der Waals surface area contributed by atoms with E-state index in [0.717, 1.165) is 11.3 Å². The van der Waals surface area contributed by atoms with E-state index in [2.05, 4.69) is 15.5 Å². The van der Waals surface area contributed by atoms with Crippen LogP contribution in [0.25, 0.3) is 0 Å². The Hall–Kier alpha value is -3.48. The van der Waals surface area contributed by atoms with E-state index in [0.29, 0.717) is 25.6 Å². The minimum absolute atomic E-state index is 0.181. The molecule has 0 saturated heterocycles. The molecule has 0 radical (unpaired) electrons. The Bertz CT molecular complexity index is 986. The first-order valence-corrected chi connectivity index (χ1v) is 8.36. The number of carbonyl (C=O) groups excluding carboxylic acids is 1. The van der Waals surface area contributed by atoms with Gasteiger partial charge in [-0.2, -0.15) is 0 Å². The van der Waals surface area contributed by atoms with E-state index in [1.165, 1.54) is 4.57 Å². The number of para-hydroxylation sites is 1. The van der Waals surface area contributed by atoms with Crippen LogP contribution in [0.5, 0.6) is 0 Å². The van der Waals surface area contributed by atoms with Crippen LogP contribution in [-0.4, -0.2) is 27.2 Å². The van der Waals surface area contributed by atoms with Gasteiger partial charge in [-0.25, -0.2) is 0 Å². The number of hydrogen-bond acceptors (Lipinski definition) is 5. The Morgan fingerprint density at radius 2 is 1.65 bits per heavy atom. The molecule has 0 bridgehead atoms. The number of nitrogens with zero attached hydrogens (tertiary/aromatic N) is 4. The highest BCUT2D eigenvalue weighted by atomic mass is 16.2. The number of carbonyl (C=O) groups is 1. The zero-order valence-corrected chi connectivity index (χ0v) is 14.0. The van der Waals surface area contributed by atoms with Gasteiger partial charge in [-0.1, -0.05) is 48.5 Å². The van der Waals surface area contributed by atoms with E-state index in [4.69, 9.17) is 0 Å². The van der Waals surface area contributed by atoms with Crippen LogP contribution in [0.1, 0.15) is 16.1 Å². The van der Waals surface area contributed by atoms with Gasteiger partial charge in [-0.05, 0) is 17.7 Å². The summed E-state index contributed by atoms with van der Waals surface area (Å²) in [5.74, 6) is -0.0550. The molecule has 2 heterocycles. The number of hydrogen-bond donors (Lipinski definition) is 1. The quantitative estimate of drug-likeness (QED) is 0.777. The minimum atomic E-state index is -0.514. The fourth-order valence-electron chi connectivity index (χ4n) is 2.97. The van der Waals surface area contributed by atoms with Gasteiger partial charge in [0.1, 0.15) is 0 Å². The van der Waals surface area contributed by atoms with Crippen LogP contribution < -0.4 is 15.8 Å². The van der Waals surface area contributed by atoms with Crippen molar-refractivity contribution in [3.05, 3.63) is 82.3 Å². The summed E-state index contributed by atoms with van der Waals surface area (Å²) in [7, 11) is 0. The van der Waals surface area contributed by atoms with Crippen LogP contribution in [0.4, 0.5) is 11.6 Å². The van der Waals surface area contributed by atoms with Crippen LogP contribution in [-0.2, 0) is 13.1 Å². The van der Waals surface area contributed by atoms with Gasteiger partial charge in [0.25, 0.3) is 11.5 Å². The lowest BCUT2D eigenvalue weighted by molar-refractivity contribution is 0.0942. The second-order valence-electron chi connectivity index (χ2n) is 5.96. The highest BCUT2D eigenvalue weighted by molar-refractivity contribution is 5.91. The summed E-state index contributed by atoms with van der Waals surface area (Å²) in [4.78, 5) is 26.9. The van der Waals surface area contributed by atoms with Crippen molar-refractivity contribution in [2.24, 2.45) is 0 Å². The molecule has 0 fully saturated rings. The van der Waals surface area contributed by atoms with Gasteiger partial charge >= 0.3 is 0 Å². The fourth-order valence-corrected chi connectivity index (χ4v) is 2.97. The van der Waals surface area contributed by atoms with Crippen molar-refractivity contribution in [1.82, 2.24) is 20.1 Å². The normalized spacial score (nSPS) is 12.7. The third kappa shape index (κ3) is 2.95. The maximum Gasteiger partial charge on any atom is 0.286 e. The molecule has 7 nitrogen and oxygen atoms in total. The lowest BCUT2D eigenvalue weighted by Crippen LogP contribution is -2.34. The summed E-state index contributed by atoms with van der Waals surface area (Å²) in [5.41, 5.74) is 1.29. The molecule has 130 valence electrons. The van der Waals surface area contributed by atoms with Gasteiger partial charge in [0.2, 0.25) is 11.6 Å². The van der Waals surface area contributed by atoms with Gasteiger partial charge in [0.15, 0.2) is 0 Å². The van der Waals surface area contributed by atoms with Gasteiger partial charge in [0, 0.05) is 25.3 Å². The molecule has 0 aliphatic carbocycles. The molecular formula is C19H17N5O2. The maximum atomic E-state index is 12.7. The molecular weight excluding hydrogens is 330 g/mol. The number of aromatic nitrogens is 3. The fraction of sp³-hybridized carbons (Fsp3) is 0.158. The summed E-state index contributed by atoms with van der Waals surface area (Å²) in [6.07, 6.45) is 0. The zero-order chi connectivity index (χ0) is 17.9. The van der Waals surface area contributed by atoms with Gasteiger partial charge in [0.05, 0.1) is 0 Å². The Labute approximate surface area is 149 Å². The van der Waals surface area contributed by atoms with Crippen molar-refractivity contribution >= 4 is 17.5 Å². The SMILES string of the molecule is O=C(NCc1ccccc1)c1nnc2n(c1=O)CCN2c1ccccc1. The van der Waals surface area contributed by atoms with E-state index in [9.17, 15) is 9.59 Å². The Morgan fingerprint density at radius 3 is 2.38 bits per heavy atom. The molecule has 0 spiro atoms. The number of rotatable bonds is 4. The van der Waals surface area contributed by atoms with E-state index < -0.39 is 11.5 Å². The summed E-state index contributed by atoms with van der Waals surface area (Å²) < 4.78 is 1.50. The molecule has 1 aromatic heterocycles. The molecule has 1 amide bonds. The number of nitrogens with one attached hydrogen (secondary N) is 1. The molecule has 1 aliphatic rings. The molecule has 26 heavy (non-hydrogen) atoms. The van der Waals surface area contributed by atoms with Crippen molar-refractivity contribution in [2.45, 2.75) is 13.1 Å². The monoisotopic (exact) mass is 347 g/mol. The van der Waals surface area contributed by atoms with Crippen LogP contribution in [0.15, 0.2) is 65.5 Å². The third-order valence-corrected chi connectivity index (χ3v) is 4.30. The molecule has 1 aliphatic heterocycles. The molecule has 3 aromatic rings. The van der Waals surface area contributed by atoms with Crippen molar-refractivity contribution in [3.8, 4) is 0 Å². The van der Waals surface area contributed by atoms with Crippen molar-refractivity contribution < 1.29 is 4.79 Å². The summed E-state index contributed by atoms with van der Waals surface area (Å²) in [5, 5.41) is 10.8. The molecule has 2 aromatic carbocycles. The van der Waals surface area contributed by atoms with Crippen molar-refractivity contribution in [3.63, 3.8) is 0 Å². The predicted molar refractivity (Wildman–Crippen MR) is 97.4 cm³/mol. The number of benzene rings is 2. The molecule has 0 saturated carbocycles. The molecule has 0 atom stereocenters.